The van der Waals surface area contributed by atoms with Gasteiger partial charge < -0.3 is 26.0 Å². The molecule has 3 aromatic rings. The number of rotatable bonds is 13. The van der Waals surface area contributed by atoms with E-state index in [1.807, 2.05) is 61.7 Å². The van der Waals surface area contributed by atoms with Gasteiger partial charge in [0, 0.05) is 41.4 Å². The first kappa shape index (κ1) is 33.1. The highest BCUT2D eigenvalue weighted by Crippen LogP contribution is 2.32. The Bertz CT molecular complexity index is 1620. The van der Waals surface area contributed by atoms with Gasteiger partial charge in [0.05, 0.1) is 12.6 Å². The number of aliphatic hydroxyl groups excluding tert-OH is 1. The first-order valence-electron chi connectivity index (χ1n) is 16.6. The number of H-pyrrole nitrogens is 1. The molecule has 0 bridgehead atoms. The van der Waals surface area contributed by atoms with Crippen LogP contribution in [0.1, 0.15) is 76.0 Å². The largest absolute Gasteiger partial charge is 0.396 e. The molecule has 46 heavy (non-hydrogen) atoms. The molecule has 5 N–H and O–H groups in total. The number of hydrogen-bond acceptors (Lipinski definition) is 5. The average molecular weight is 627 g/mol. The minimum atomic E-state index is -1.01. The lowest BCUT2D eigenvalue weighted by atomic mass is 9.82. The third-order valence-electron chi connectivity index (χ3n) is 9.70. The number of para-hydroxylation sites is 1. The molecule has 0 spiro atoms. The topological polar surface area (TPSA) is 140 Å². The number of carbonyl (C=O) groups excluding carboxylic acids is 4. The highest BCUT2D eigenvalue weighted by molar-refractivity contribution is 6.05. The first-order chi connectivity index (χ1) is 22.2. The third kappa shape index (κ3) is 7.58. The molecule has 4 atom stereocenters. The van der Waals surface area contributed by atoms with Crippen molar-refractivity contribution in [2.45, 2.75) is 90.3 Å². The fourth-order valence-electron chi connectivity index (χ4n) is 6.86. The summed E-state index contributed by atoms with van der Waals surface area (Å²) in [5.74, 6) is -1.80. The SMILES string of the molecule is CC1=C(C(=O)NC(C)C(=O)NC(Cc2c[nH]c3ccccc23)C(=O)NC(CC2CCCCC2)C(=O)C(C)CO)Cc2ccccc21. The molecular formula is C37H46N4O5. The number of carbonyl (C=O) groups is 4. The van der Waals surface area contributed by atoms with Crippen LogP contribution in [0.15, 0.2) is 60.3 Å². The summed E-state index contributed by atoms with van der Waals surface area (Å²) in [7, 11) is 0. The Kier molecular flexibility index (Phi) is 10.7. The summed E-state index contributed by atoms with van der Waals surface area (Å²) in [4.78, 5) is 57.4. The number of ketones is 1. The summed E-state index contributed by atoms with van der Waals surface area (Å²) in [6, 6.07) is 12.9. The minimum Gasteiger partial charge on any atom is -0.396 e. The number of nitrogens with one attached hydrogen (secondary N) is 4. The van der Waals surface area contributed by atoms with Crippen molar-refractivity contribution in [3.05, 3.63) is 77.0 Å². The van der Waals surface area contributed by atoms with Crippen LogP contribution >= 0.6 is 0 Å². The Labute approximate surface area is 270 Å². The lowest BCUT2D eigenvalue weighted by molar-refractivity contribution is -0.134. The van der Waals surface area contributed by atoms with Gasteiger partial charge in [-0.05, 0) is 54.5 Å². The van der Waals surface area contributed by atoms with Gasteiger partial charge in [-0.15, -0.1) is 0 Å². The Morgan fingerprint density at radius 2 is 1.59 bits per heavy atom. The molecule has 1 aromatic heterocycles. The first-order valence-corrected chi connectivity index (χ1v) is 16.6. The summed E-state index contributed by atoms with van der Waals surface area (Å²) in [6.07, 6.45) is 8.38. The van der Waals surface area contributed by atoms with Crippen LogP contribution in [0.2, 0.25) is 0 Å². The van der Waals surface area contributed by atoms with E-state index in [4.69, 9.17) is 0 Å². The van der Waals surface area contributed by atoms with E-state index >= 15 is 0 Å². The molecule has 1 fully saturated rings. The summed E-state index contributed by atoms with van der Waals surface area (Å²) in [5.41, 5.74) is 5.38. The van der Waals surface area contributed by atoms with E-state index in [1.54, 1.807) is 13.8 Å². The molecule has 9 heteroatoms. The Morgan fingerprint density at radius 3 is 2.33 bits per heavy atom. The van der Waals surface area contributed by atoms with Crippen molar-refractivity contribution in [1.29, 1.82) is 0 Å². The monoisotopic (exact) mass is 626 g/mol. The summed E-state index contributed by atoms with van der Waals surface area (Å²) in [6.45, 7) is 4.88. The summed E-state index contributed by atoms with van der Waals surface area (Å²) < 4.78 is 0. The van der Waals surface area contributed by atoms with Gasteiger partial charge in [-0.2, -0.15) is 0 Å². The fourth-order valence-corrected chi connectivity index (χ4v) is 6.86. The van der Waals surface area contributed by atoms with Gasteiger partial charge in [0.25, 0.3) is 0 Å². The molecule has 0 radical (unpaired) electrons. The van der Waals surface area contributed by atoms with Crippen LogP contribution in [-0.2, 0) is 32.0 Å². The maximum absolute atomic E-state index is 14.0. The van der Waals surface area contributed by atoms with Crippen molar-refractivity contribution < 1.29 is 24.3 Å². The van der Waals surface area contributed by atoms with Crippen LogP contribution < -0.4 is 16.0 Å². The third-order valence-corrected chi connectivity index (χ3v) is 9.70. The number of aliphatic hydroxyl groups is 1. The number of allylic oxidation sites excluding steroid dienone is 1. The molecule has 9 nitrogen and oxygen atoms in total. The molecule has 1 heterocycles. The molecule has 2 aliphatic carbocycles. The number of aromatic nitrogens is 1. The average Bonchev–Trinajstić information content (AvgIpc) is 3.64. The maximum Gasteiger partial charge on any atom is 0.248 e. The number of fused-ring (bicyclic) bond motifs is 2. The van der Waals surface area contributed by atoms with Crippen LogP contribution in [-0.4, -0.2) is 58.3 Å². The molecule has 2 aromatic carbocycles. The van der Waals surface area contributed by atoms with E-state index in [0.29, 0.717) is 24.3 Å². The summed E-state index contributed by atoms with van der Waals surface area (Å²) in [5, 5.41) is 19.3. The maximum atomic E-state index is 14.0. The zero-order valence-corrected chi connectivity index (χ0v) is 27.0. The predicted octanol–water partition coefficient (Wildman–Crippen LogP) is 4.38. The van der Waals surface area contributed by atoms with Crippen molar-refractivity contribution >= 4 is 40.0 Å². The molecule has 0 aliphatic heterocycles. The van der Waals surface area contributed by atoms with Crippen LogP contribution in [0, 0.1) is 11.8 Å². The fraction of sp³-hybridized carbons (Fsp3) is 0.459. The van der Waals surface area contributed by atoms with Crippen molar-refractivity contribution in [2.75, 3.05) is 6.61 Å². The van der Waals surface area contributed by atoms with Crippen LogP contribution in [0.3, 0.4) is 0 Å². The summed E-state index contributed by atoms with van der Waals surface area (Å²) >= 11 is 0. The number of benzene rings is 2. The van der Waals surface area contributed by atoms with E-state index in [-0.39, 0.29) is 24.7 Å². The Hall–Kier alpha value is -4.24. The van der Waals surface area contributed by atoms with Gasteiger partial charge in [0.15, 0.2) is 5.78 Å². The predicted molar refractivity (Wildman–Crippen MR) is 179 cm³/mol. The van der Waals surface area contributed by atoms with Crippen LogP contribution in [0.5, 0.6) is 0 Å². The van der Waals surface area contributed by atoms with E-state index in [9.17, 15) is 24.3 Å². The quantitative estimate of drug-likeness (QED) is 0.192. The number of amides is 3. The zero-order chi connectivity index (χ0) is 32.8. The Balaban J connectivity index is 1.33. The van der Waals surface area contributed by atoms with E-state index < -0.39 is 35.9 Å². The lowest BCUT2D eigenvalue weighted by Crippen LogP contribution is -2.56. The van der Waals surface area contributed by atoms with Gasteiger partial charge in [-0.25, -0.2) is 0 Å². The van der Waals surface area contributed by atoms with Gasteiger partial charge in [0.2, 0.25) is 17.7 Å². The van der Waals surface area contributed by atoms with Gasteiger partial charge in [-0.1, -0.05) is 81.5 Å². The normalized spacial score (nSPS) is 17.6. The lowest BCUT2D eigenvalue weighted by Gasteiger charge is -2.29. The smallest absolute Gasteiger partial charge is 0.248 e. The molecule has 244 valence electrons. The van der Waals surface area contributed by atoms with Gasteiger partial charge in [0.1, 0.15) is 12.1 Å². The highest BCUT2D eigenvalue weighted by Gasteiger charge is 2.33. The molecule has 1 saturated carbocycles. The molecule has 0 saturated heterocycles. The molecule has 3 amide bonds. The molecule has 4 unspecified atom stereocenters. The van der Waals surface area contributed by atoms with E-state index in [0.717, 1.165) is 58.8 Å². The molecular weight excluding hydrogens is 580 g/mol. The highest BCUT2D eigenvalue weighted by atomic mass is 16.3. The van der Waals surface area contributed by atoms with Crippen molar-refractivity contribution in [3.8, 4) is 0 Å². The van der Waals surface area contributed by atoms with Crippen molar-refractivity contribution in [1.82, 2.24) is 20.9 Å². The van der Waals surface area contributed by atoms with Gasteiger partial charge in [-0.3, -0.25) is 19.2 Å². The molecule has 5 rings (SSSR count). The zero-order valence-electron chi connectivity index (χ0n) is 27.0. The number of aromatic amines is 1. The second-order valence-electron chi connectivity index (χ2n) is 13.0. The van der Waals surface area contributed by atoms with Crippen molar-refractivity contribution in [3.63, 3.8) is 0 Å². The second-order valence-corrected chi connectivity index (χ2v) is 13.0. The second kappa shape index (κ2) is 14.9. The van der Waals surface area contributed by atoms with Crippen LogP contribution in [0.4, 0.5) is 0 Å². The Morgan fingerprint density at radius 1 is 0.891 bits per heavy atom. The number of Topliss-reactive ketones (excluding diaryl/α,β-unsaturated/α-hetero) is 1. The van der Waals surface area contributed by atoms with Gasteiger partial charge >= 0.3 is 0 Å². The van der Waals surface area contributed by atoms with E-state index in [2.05, 4.69) is 20.9 Å². The molecule has 2 aliphatic rings. The minimum absolute atomic E-state index is 0.182. The standard InChI is InChI=1S/C37H46N4O5/c1-22(21-42)34(43)32(17-25-11-5-4-6-12-25)40-37(46)33(19-27-20-38-31-16-10-9-15-29(27)31)41-35(44)24(3)39-36(45)30-18-26-13-7-8-14-28(26)23(30)2/h7-10,13-16,20,22,24-25,32-33,38,42H,4-6,11-12,17-19,21H2,1-3H3,(H,39,45)(H,40,46)(H,41,44). The number of hydrogen-bond donors (Lipinski definition) is 5. The van der Waals surface area contributed by atoms with Crippen LogP contribution in [0.25, 0.3) is 16.5 Å². The van der Waals surface area contributed by atoms with E-state index in [1.165, 1.54) is 6.42 Å². The van der Waals surface area contributed by atoms with Crippen molar-refractivity contribution in [2.24, 2.45) is 11.8 Å².